The van der Waals surface area contributed by atoms with Gasteiger partial charge in [-0.2, -0.15) is 0 Å². The van der Waals surface area contributed by atoms with Crippen LogP contribution in [-0.4, -0.2) is 23.4 Å². The molecule has 68 valence electrons. The third kappa shape index (κ3) is 2.58. The van der Waals surface area contributed by atoms with E-state index < -0.39 is 18.4 Å². The molecule has 0 aliphatic rings. The molecule has 0 aromatic carbocycles. The van der Waals surface area contributed by atoms with E-state index in [1.54, 1.807) is 6.20 Å². The number of nitrogens with zero attached hydrogens (tertiary/aromatic N) is 2. The van der Waals surface area contributed by atoms with Crippen LogP contribution < -0.4 is 3.58 Å². The summed E-state index contributed by atoms with van der Waals surface area (Å²) in [6, 6.07) is 3.86. The van der Waals surface area contributed by atoms with E-state index in [1.165, 1.54) is 3.58 Å². The van der Waals surface area contributed by atoms with Crippen LogP contribution in [0.2, 0.25) is 19.8 Å². The molecule has 0 spiro atoms. The molecule has 2 nitrogen and oxygen atoms in total. The van der Waals surface area contributed by atoms with Crippen LogP contribution in [0.1, 0.15) is 5.69 Å². The van der Waals surface area contributed by atoms with E-state index in [-0.39, 0.29) is 0 Å². The predicted molar refractivity (Wildman–Crippen MR) is 56.9 cm³/mol. The SMILES string of the molecule is [CH3][Sn]([CH3])([CH3])[c]1cc(C#N)ncc1Cl. The molecule has 13 heavy (non-hydrogen) atoms. The Kier molecular flexibility index (Phi) is 3.20. The number of rotatable bonds is 1. The average molecular weight is 301 g/mol. The van der Waals surface area contributed by atoms with E-state index >= 15 is 0 Å². The molecule has 0 radical (unpaired) electrons. The van der Waals surface area contributed by atoms with Crippen molar-refractivity contribution in [1.82, 2.24) is 4.98 Å². The number of aromatic nitrogens is 1. The summed E-state index contributed by atoms with van der Waals surface area (Å²) in [5.41, 5.74) is 0.464. The second-order valence-electron chi connectivity index (χ2n) is 3.91. The van der Waals surface area contributed by atoms with Crippen LogP contribution in [0, 0.1) is 11.3 Å². The number of halogens is 1. The van der Waals surface area contributed by atoms with E-state index in [4.69, 9.17) is 16.9 Å². The van der Waals surface area contributed by atoms with Gasteiger partial charge in [0.15, 0.2) is 0 Å². The van der Waals surface area contributed by atoms with Crippen LogP contribution in [0.5, 0.6) is 0 Å². The van der Waals surface area contributed by atoms with E-state index in [1.807, 2.05) is 12.1 Å². The van der Waals surface area contributed by atoms with Crippen molar-refractivity contribution in [2.75, 3.05) is 0 Å². The molecule has 4 heteroatoms. The van der Waals surface area contributed by atoms with Gasteiger partial charge < -0.3 is 0 Å². The summed E-state index contributed by atoms with van der Waals surface area (Å²) in [6.45, 7) is 0. The molecule has 1 rings (SSSR count). The van der Waals surface area contributed by atoms with Gasteiger partial charge >= 0.3 is 87.7 Å². The number of hydrogen-bond donors (Lipinski definition) is 0. The van der Waals surface area contributed by atoms with Crippen molar-refractivity contribution in [3.8, 4) is 6.07 Å². The molecule has 0 atom stereocenters. The van der Waals surface area contributed by atoms with Gasteiger partial charge in [0.1, 0.15) is 0 Å². The molecule has 0 aliphatic heterocycles. The topological polar surface area (TPSA) is 36.7 Å². The first-order chi connectivity index (χ1) is 5.95. The summed E-state index contributed by atoms with van der Waals surface area (Å²) < 4.78 is 1.17. The summed E-state index contributed by atoms with van der Waals surface area (Å²) in [5.74, 6) is 0. The van der Waals surface area contributed by atoms with Gasteiger partial charge in [0.2, 0.25) is 0 Å². The van der Waals surface area contributed by atoms with Gasteiger partial charge in [-0.3, -0.25) is 0 Å². The van der Waals surface area contributed by atoms with E-state index in [9.17, 15) is 0 Å². The predicted octanol–water partition coefficient (Wildman–Crippen LogP) is 2.15. The second kappa shape index (κ2) is 3.85. The Balaban J connectivity index is 3.29. The molecule has 0 amide bonds. The van der Waals surface area contributed by atoms with Gasteiger partial charge in [0.25, 0.3) is 0 Å². The third-order valence-electron chi connectivity index (χ3n) is 1.78. The first kappa shape index (κ1) is 10.8. The minimum absolute atomic E-state index is 0.464. The van der Waals surface area contributed by atoms with Crippen LogP contribution in [0.4, 0.5) is 0 Å². The zero-order valence-electron chi connectivity index (χ0n) is 7.93. The molecule has 0 fully saturated rings. The van der Waals surface area contributed by atoms with Gasteiger partial charge in [0, 0.05) is 0 Å². The van der Waals surface area contributed by atoms with Crippen molar-refractivity contribution in [2.45, 2.75) is 14.8 Å². The van der Waals surface area contributed by atoms with E-state index in [0.29, 0.717) is 10.7 Å². The Bertz CT molecular complexity index is 363. The van der Waals surface area contributed by atoms with Crippen molar-refractivity contribution in [3.63, 3.8) is 0 Å². The molecule has 1 aromatic heterocycles. The molecule has 0 aliphatic carbocycles. The van der Waals surface area contributed by atoms with Crippen molar-refractivity contribution in [2.24, 2.45) is 0 Å². The first-order valence-electron chi connectivity index (χ1n) is 4.01. The van der Waals surface area contributed by atoms with Crippen molar-refractivity contribution in [1.29, 1.82) is 5.26 Å². The van der Waals surface area contributed by atoms with Crippen molar-refractivity contribution >= 4 is 33.6 Å². The fourth-order valence-electron chi connectivity index (χ4n) is 1.07. The van der Waals surface area contributed by atoms with Crippen LogP contribution in [0.3, 0.4) is 0 Å². The van der Waals surface area contributed by atoms with Gasteiger partial charge in [-0.05, 0) is 0 Å². The fourth-order valence-corrected chi connectivity index (χ4v) is 6.93. The number of pyridine rings is 1. The van der Waals surface area contributed by atoms with Crippen molar-refractivity contribution in [3.05, 3.63) is 23.0 Å². The summed E-state index contributed by atoms with van der Waals surface area (Å²) in [7, 11) is 0. The van der Waals surface area contributed by atoms with Gasteiger partial charge in [-0.25, -0.2) is 0 Å². The van der Waals surface area contributed by atoms with Crippen LogP contribution >= 0.6 is 11.6 Å². The molecule has 0 N–H and O–H groups in total. The minimum atomic E-state index is -2.16. The molecule has 1 heterocycles. The second-order valence-corrected chi connectivity index (χ2v) is 18.7. The van der Waals surface area contributed by atoms with E-state index in [2.05, 4.69) is 19.8 Å². The Morgan fingerprint density at radius 1 is 1.46 bits per heavy atom. The molecular weight excluding hydrogens is 290 g/mol. The molecule has 1 aromatic rings. The molecule has 0 saturated carbocycles. The Morgan fingerprint density at radius 2 is 2.08 bits per heavy atom. The molecular formula is C9H11ClN2Sn. The Morgan fingerprint density at radius 3 is 2.54 bits per heavy atom. The Labute approximate surface area is 87.4 Å². The van der Waals surface area contributed by atoms with Crippen LogP contribution in [0.15, 0.2) is 12.3 Å². The van der Waals surface area contributed by atoms with Gasteiger partial charge in [0.05, 0.1) is 0 Å². The number of nitriles is 1. The first-order valence-corrected chi connectivity index (χ1v) is 14.4. The van der Waals surface area contributed by atoms with Gasteiger partial charge in [-0.1, -0.05) is 0 Å². The summed E-state index contributed by atoms with van der Waals surface area (Å²) in [5, 5.41) is 9.40. The van der Waals surface area contributed by atoms with Crippen LogP contribution in [-0.2, 0) is 0 Å². The zero-order chi connectivity index (χ0) is 10.1. The molecule has 0 unspecified atom stereocenters. The molecule has 0 saturated heterocycles. The third-order valence-corrected chi connectivity index (χ3v) is 8.32. The van der Waals surface area contributed by atoms with Crippen molar-refractivity contribution < 1.29 is 0 Å². The maximum atomic E-state index is 8.69. The normalized spacial score (nSPS) is 11.0. The number of hydrogen-bond acceptors (Lipinski definition) is 2. The maximum absolute atomic E-state index is 8.69. The average Bonchev–Trinajstić information content (AvgIpc) is 2.03. The van der Waals surface area contributed by atoms with Crippen LogP contribution in [0.25, 0.3) is 0 Å². The fraction of sp³-hybridized carbons (Fsp3) is 0.333. The molecule has 0 bridgehead atoms. The Hall–Kier alpha value is -0.271. The summed E-state index contributed by atoms with van der Waals surface area (Å²) in [4.78, 5) is 10.7. The monoisotopic (exact) mass is 302 g/mol. The quantitative estimate of drug-likeness (QED) is 0.745. The van der Waals surface area contributed by atoms with Gasteiger partial charge in [-0.15, -0.1) is 0 Å². The van der Waals surface area contributed by atoms with E-state index in [0.717, 1.165) is 0 Å². The summed E-state index contributed by atoms with van der Waals surface area (Å²) >= 11 is 3.85. The zero-order valence-corrected chi connectivity index (χ0v) is 11.5. The standard InChI is InChI=1S/C6H2ClN2.3CH3.Sn/c7-5-1-2-6(3-8)9-4-5;;;;/h2,4H;3*1H3;. The summed E-state index contributed by atoms with van der Waals surface area (Å²) in [6.07, 6.45) is 1.58.